The van der Waals surface area contributed by atoms with Gasteiger partial charge in [0.25, 0.3) is 0 Å². The van der Waals surface area contributed by atoms with Crippen molar-refractivity contribution in [1.29, 1.82) is 0 Å². The van der Waals surface area contributed by atoms with Crippen LogP contribution in [0.25, 0.3) is 21.7 Å². The molecule has 0 saturated heterocycles. The van der Waals surface area contributed by atoms with Crippen molar-refractivity contribution in [1.82, 2.24) is 4.98 Å². The molecule has 1 aromatic heterocycles. The highest BCUT2D eigenvalue weighted by Gasteiger charge is 2.09. The fourth-order valence-electron chi connectivity index (χ4n) is 2.24. The summed E-state index contributed by atoms with van der Waals surface area (Å²) in [5.41, 5.74) is 1.85. The third-order valence-corrected chi connectivity index (χ3v) is 3.01. The lowest BCUT2D eigenvalue weighted by atomic mass is 10.0. The minimum Gasteiger partial charge on any atom is -0.481 e. The maximum atomic E-state index is 10.8. The number of carbonyl (C=O) groups is 1. The van der Waals surface area contributed by atoms with Crippen LogP contribution in [0.15, 0.2) is 42.6 Å². The molecule has 0 aliphatic carbocycles. The molecular formula is C14H11NO2. The number of hydrogen-bond donors (Lipinski definition) is 2. The fraction of sp³-hybridized carbons (Fsp3) is 0.0714. The number of nitrogens with one attached hydrogen (secondary N) is 1. The molecule has 0 unspecified atom stereocenters. The first-order chi connectivity index (χ1) is 8.25. The Morgan fingerprint density at radius 2 is 1.94 bits per heavy atom. The summed E-state index contributed by atoms with van der Waals surface area (Å²) in [6.07, 6.45) is 1.84. The molecule has 0 radical (unpaired) electrons. The van der Waals surface area contributed by atoms with Crippen LogP contribution in [-0.2, 0) is 11.2 Å². The molecule has 0 atom stereocenters. The van der Waals surface area contributed by atoms with Crippen LogP contribution < -0.4 is 0 Å². The van der Waals surface area contributed by atoms with Crippen LogP contribution in [0.3, 0.4) is 0 Å². The predicted octanol–water partition coefficient (Wildman–Crippen LogP) is 2.95. The average Bonchev–Trinajstić information content (AvgIpc) is 2.72. The monoisotopic (exact) mass is 225 g/mol. The highest BCUT2D eigenvalue weighted by molar-refractivity contribution is 6.07. The molecule has 84 valence electrons. The van der Waals surface area contributed by atoms with Crippen LogP contribution in [-0.4, -0.2) is 16.1 Å². The third kappa shape index (κ3) is 1.56. The molecule has 0 amide bonds. The SMILES string of the molecule is O=C(O)Cc1c[nH]c2c1ccc1ccccc12. The van der Waals surface area contributed by atoms with E-state index in [0.29, 0.717) is 0 Å². The van der Waals surface area contributed by atoms with Gasteiger partial charge in [-0.2, -0.15) is 0 Å². The van der Waals surface area contributed by atoms with Gasteiger partial charge in [0.2, 0.25) is 0 Å². The molecule has 0 aliphatic heterocycles. The molecule has 0 fully saturated rings. The Morgan fingerprint density at radius 1 is 1.12 bits per heavy atom. The average molecular weight is 225 g/mol. The molecule has 0 spiro atoms. The van der Waals surface area contributed by atoms with Crippen LogP contribution in [0.5, 0.6) is 0 Å². The zero-order valence-electron chi connectivity index (χ0n) is 9.10. The van der Waals surface area contributed by atoms with E-state index in [2.05, 4.69) is 4.98 Å². The molecule has 3 aromatic rings. The number of H-pyrrole nitrogens is 1. The topological polar surface area (TPSA) is 53.1 Å². The number of aliphatic carboxylic acids is 1. The van der Waals surface area contributed by atoms with Gasteiger partial charge < -0.3 is 10.1 Å². The Balaban J connectivity index is 2.31. The first-order valence-electron chi connectivity index (χ1n) is 5.45. The van der Waals surface area contributed by atoms with Crippen molar-refractivity contribution < 1.29 is 9.90 Å². The summed E-state index contributed by atoms with van der Waals surface area (Å²) in [7, 11) is 0. The van der Waals surface area contributed by atoms with Crippen LogP contribution in [0.4, 0.5) is 0 Å². The lowest BCUT2D eigenvalue weighted by Gasteiger charge is -2.00. The highest BCUT2D eigenvalue weighted by atomic mass is 16.4. The van der Waals surface area contributed by atoms with Gasteiger partial charge in [-0.3, -0.25) is 4.79 Å². The summed E-state index contributed by atoms with van der Waals surface area (Å²) in [5, 5.41) is 12.1. The number of benzene rings is 2. The second-order valence-electron chi connectivity index (χ2n) is 4.09. The molecule has 3 heteroatoms. The Hall–Kier alpha value is -2.29. The molecule has 1 heterocycles. The van der Waals surface area contributed by atoms with E-state index in [0.717, 1.165) is 27.2 Å². The fourth-order valence-corrected chi connectivity index (χ4v) is 2.24. The van der Waals surface area contributed by atoms with Crippen molar-refractivity contribution in [2.45, 2.75) is 6.42 Å². The van der Waals surface area contributed by atoms with E-state index in [4.69, 9.17) is 5.11 Å². The first kappa shape index (κ1) is 9.90. The zero-order valence-corrected chi connectivity index (χ0v) is 9.10. The van der Waals surface area contributed by atoms with E-state index >= 15 is 0 Å². The van der Waals surface area contributed by atoms with Crippen molar-refractivity contribution >= 4 is 27.6 Å². The van der Waals surface area contributed by atoms with Crippen LogP contribution in [0, 0.1) is 0 Å². The van der Waals surface area contributed by atoms with Crippen molar-refractivity contribution in [3.63, 3.8) is 0 Å². The van der Waals surface area contributed by atoms with E-state index in [-0.39, 0.29) is 6.42 Å². The minimum absolute atomic E-state index is 0.0539. The van der Waals surface area contributed by atoms with E-state index < -0.39 is 5.97 Å². The van der Waals surface area contributed by atoms with Gasteiger partial charge in [0.15, 0.2) is 0 Å². The summed E-state index contributed by atoms with van der Waals surface area (Å²) in [4.78, 5) is 13.9. The summed E-state index contributed by atoms with van der Waals surface area (Å²) >= 11 is 0. The minimum atomic E-state index is -0.806. The van der Waals surface area contributed by atoms with Crippen LogP contribution >= 0.6 is 0 Å². The molecule has 2 N–H and O–H groups in total. The molecule has 3 nitrogen and oxygen atoms in total. The number of rotatable bonds is 2. The zero-order chi connectivity index (χ0) is 11.8. The first-order valence-corrected chi connectivity index (χ1v) is 5.45. The van der Waals surface area contributed by atoms with Gasteiger partial charge in [-0.25, -0.2) is 0 Å². The Kier molecular flexibility index (Phi) is 2.11. The summed E-state index contributed by atoms with van der Waals surface area (Å²) < 4.78 is 0. The smallest absolute Gasteiger partial charge is 0.307 e. The standard InChI is InChI=1S/C14H11NO2/c16-13(17)7-10-8-15-14-11-4-2-1-3-9(11)5-6-12(10)14/h1-6,8,15H,7H2,(H,16,17). The Labute approximate surface area is 97.7 Å². The van der Waals surface area contributed by atoms with Gasteiger partial charge in [-0.1, -0.05) is 36.4 Å². The molecule has 0 bridgehead atoms. The van der Waals surface area contributed by atoms with Gasteiger partial charge in [0.05, 0.1) is 11.9 Å². The molecule has 0 saturated carbocycles. The van der Waals surface area contributed by atoms with E-state index in [9.17, 15) is 4.79 Å². The van der Waals surface area contributed by atoms with Gasteiger partial charge >= 0.3 is 5.97 Å². The Bertz CT molecular complexity index is 712. The van der Waals surface area contributed by atoms with Gasteiger partial charge in [0.1, 0.15) is 0 Å². The molecule has 17 heavy (non-hydrogen) atoms. The maximum Gasteiger partial charge on any atom is 0.307 e. The quantitative estimate of drug-likeness (QED) is 0.704. The lowest BCUT2D eigenvalue weighted by Crippen LogP contribution is -1.98. The third-order valence-electron chi connectivity index (χ3n) is 3.01. The van der Waals surface area contributed by atoms with E-state index in [1.54, 1.807) is 6.20 Å². The van der Waals surface area contributed by atoms with Crippen molar-refractivity contribution in [3.8, 4) is 0 Å². The summed E-state index contributed by atoms with van der Waals surface area (Å²) in [5.74, 6) is -0.806. The second-order valence-corrected chi connectivity index (χ2v) is 4.09. The highest BCUT2D eigenvalue weighted by Crippen LogP contribution is 2.27. The second kappa shape index (κ2) is 3.63. The van der Waals surface area contributed by atoms with Crippen LogP contribution in [0.1, 0.15) is 5.56 Å². The van der Waals surface area contributed by atoms with Crippen molar-refractivity contribution in [3.05, 3.63) is 48.2 Å². The molecular weight excluding hydrogens is 214 g/mol. The Morgan fingerprint density at radius 3 is 2.76 bits per heavy atom. The number of carboxylic acids is 1. The van der Waals surface area contributed by atoms with Crippen LogP contribution in [0.2, 0.25) is 0 Å². The van der Waals surface area contributed by atoms with Crippen molar-refractivity contribution in [2.75, 3.05) is 0 Å². The largest absolute Gasteiger partial charge is 0.481 e. The van der Waals surface area contributed by atoms with Gasteiger partial charge in [0, 0.05) is 17.0 Å². The van der Waals surface area contributed by atoms with Gasteiger partial charge in [-0.15, -0.1) is 0 Å². The number of aromatic nitrogens is 1. The lowest BCUT2D eigenvalue weighted by molar-refractivity contribution is -0.136. The number of fused-ring (bicyclic) bond motifs is 3. The number of aromatic amines is 1. The normalized spacial score (nSPS) is 11.1. The summed E-state index contributed by atoms with van der Waals surface area (Å²) in [6.45, 7) is 0. The molecule has 3 rings (SSSR count). The molecule has 2 aromatic carbocycles. The molecule has 0 aliphatic rings. The summed E-state index contributed by atoms with van der Waals surface area (Å²) in [6, 6.07) is 12.1. The maximum absolute atomic E-state index is 10.8. The number of carboxylic acid groups (broad SMARTS) is 1. The predicted molar refractivity (Wildman–Crippen MR) is 67.1 cm³/mol. The van der Waals surface area contributed by atoms with E-state index in [1.165, 1.54) is 0 Å². The van der Waals surface area contributed by atoms with Crippen molar-refractivity contribution in [2.24, 2.45) is 0 Å². The van der Waals surface area contributed by atoms with E-state index in [1.807, 2.05) is 36.4 Å². The number of hydrogen-bond acceptors (Lipinski definition) is 1. The van der Waals surface area contributed by atoms with Gasteiger partial charge in [-0.05, 0) is 10.9 Å².